The van der Waals surface area contributed by atoms with Crippen LogP contribution < -0.4 is 10.8 Å². The topological polar surface area (TPSA) is 86.4 Å². The van der Waals surface area contributed by atoms with Crippen LogP contribution in [0.4, 0.5) is 5.69 Å². The highest BCUT2D eigenvalue weighted by molar-refractivity contribution is 5.69. The van der Waals surface area contributed by atoms with Crippen LogP contribution >= 0.6 is 0 Å². The van der Waals surface area contributed by atoms with Gasteiger partial charge < -0.3 is 20.7 Å². The number of nitrogen functional groups attached to an aromatic ring is 1. The lowest BCUT2D eigenvalue weighted by molar-refractivity contribution is -0.304. The maximum Gasteiger partial charge on any atom is 0.138 e. The van der Waals surface area contributed by atoms with Crippen LogP contribution in [-0.4, -0.2) is 11.1 Å². The molecule has 0 aliphatic rings. The number of anilines is 1. The number of carboxylic acids is 1. The zero-order valence-corrected chi connectivity index (χ0v) is 6.28. The van der Waals surface area contributed by atoms with Crippen LogP contribution in [0.2, 0.25) is 0 Å². The first-order valence-electron chi connectivity index (χ1n) is 3.37. The normalized spacial score (nSPS) is 9.67. The minimum atomic E-state index is -1.18. The van der Waals surface area contributed by atoms with Crippen LogP contribution in [0.25, 0.3) is 0 Å². The average molecular weight is 166 g/mol. The van der Waals surface area contributed by atoms with E-state index in [0.717, 1.165) is 0 Å². The second kappa shape index (κ2) is 3.13. The number of nitrogens with two attached hydrogens (primary N) is 1. The summed E-state index contributed by atoms with van der Waals surface area (Å²) in [7, 11) is 0. The molecule has 0 aliphatic carbocycles. The van der Waals surface area contributed by atoms with E-state index < -0.39 is 5.97 Å². The highest BCUT2D eigenvalue weighted by Crippen LogP contribution is 2.20. The summed E-state index contributed by atoms with van der Waals surface area (Å²) < 4.78 is 0. The number of benzene rings is 1. The molecule has 64 valence electrons. The smallest absolute Gasteiger partial charge is 0.138 e. The quantitative estimate of drug-likeness (QED) is 0.448. The van der Waals surface area contributed by atoms with Crippen LogP contribution in [0.5, 0.6) is 5.75 Å². The molecule has 4 heteroatoms. The van der Waals surface area contributed by atoms with Gasteiger partial charge in [0.05, 0.1) is 5.69 Å². The fourth-order valence-corrected chi connectivity index (χ4v) is 0.866. The number of aromatic hydroxyl groups is 1. The Labute approximate surface area is 69.3 Å². The Morgan fingerprint density at radius 1 is 1.58 bits per heavy atom. The Hall–Kier alpha value is -1.71. The van der Waals surface area contributed by atoms with Crippen molar-refractivity contribution in [2.24, 2.45) is 0 Å². The van der Waals surface area contributed by atoms with Crippen LogP contribution in [-0.2, 0) is 11.2 Å². The Kier molecular flexibility index (Phi) is 2.19. The molecule has 12 heavy (non-hydrogen) atoms. The summed E-state index contributed by atoms with van der Waals surface area (Å²) >= 11 is 0. The molecule has 0 saturated carbocycles. The highest BCUT2D eigenvalue weighted by Gasteiger charge is 1.98. The van der Waals surface area contributed by atoms with E-state index in [4.69, 9.17) is 10.8 Å². The molecule has 0 bridgehead atoms. The molecule has 1 aromatic rings. The largest absolute Gasteiger partial charge is 0.550 e. The van der Waals surface area contributed by atoms with Crippen molar-refractivity contribution < 1.29 is 15.0 Å². The molecule has 0 heterocycles. The second-order valence-corrected chi connectivity index (χ2v) is 2.44. The minimum absolute atomic E-state index is 0.103. The van der Waals surface area contributed by atoms with Crippen molar-refractivity contribution in [1.29, 1.82) is 0 Å². The Morgan fingerprint density at radius 3 is 2.75 bits per heavy atom. The van der Waals surface area contributed by atoms with E-state index in [0.29, 0.717) is 5.56 Å². The van der Waals surface area contributed by atoms with Crippen molar-refractivity contribution in [1.82, 2.24) is 0 Å². The van der Waals surface area contributed by atoms with Crippen molar-refractivity contribution in [2.75, 3.05) is 5.73 Å². The molecule has 0 amide bonds. The lowest BCUT2D eigenvalue weighted by Gasteiger charge is -2.04. The number of aliphatic carboxylic acids is 1. The van der Waals surface area contributed by atoms with Crippen LogP contribution in [0.3, 0.4) is 0 Å². The molecule has 0 unspecified atom stereocenters. The van der Waals surface area contributed by atoms with Crippen molar-refractivity contribution in [3.63, 3.8) is 0 Å². The third kappa shape index (κ3) is 1.88. The number of hydrogen-bond donors (Lipinski definition) is 2. The monoisotopic (exact) mass is 166 g/mol. The lowest BCUT2D eigenvalue weighted by atomic mass is 10.1. The van der Waals surface area contributed by atoms with Crippen LogP contribution in [0, 0.1) is 0 Å². The number of phenols is 1. The predicted octanol–water partition coefficient (Wildman–Crippen LogP) is -0.733. The number of phenolic OH excluding ortho intramolecular Hbond substituents is 1. The van der Waals surface area contributed by atoms with E-state index in [1.54, 1.807) is 0 Å². The van der Waals surface area contributed by atoms with Gasteiger partial charge in [0, 0.05) is 12.4 Å². The van der Waals surface area contributed by atoms with E-state index in [-0.39, 0.29) is 17.9 Å². The Balaban J connectivity index is 2.89. The van der Waals surface area contributed by atoms with Gasteiger partial charge >= 0.3 is 0 Å². The van der Waals surface area contributed by atoms with Gasteiger partial charge in [-0.05, 0) is 17.7 Å². The Bertz CT molecular complexity index is 309. The molecule has 0 saturated heterocycles. The predicted molar refractivity (Wildman–Crippen MR) is 41.2 cm³/mol. The van der Waals surface area contributed by atoms with Gasteiger partial charge in [-0.3, -0.25) is 0 Å². The van der Waals surface area contributed by atoms with Crippen LogP contribution in [0.1, 0.15) is 5.56 Å². The van der Waals surface area contributed by atoms with E-state index in [1.165, 1.54) is 18.2 Å². The fourth-order valence-electron chi connectivity index (χ4n) is 0.866. The van der Waals surface area contributed by atoms with Crippen LogP contribution in [0.15, 0.2) is 18.2 Å². The maximum atomic E-state index is 10.1. The molecule has 3 N–H and O–H groups in total. The number of carbonyl (C=O) groups is 1. The number of carbonyl (C=O) groups excluding carboxylic acids is 1. The van der Waals surface area contributed by atoms with Gasteiger partial charge in [0.15, 0.2) is 0 Å². The number of rotatable bonds is 2. The fraction of sp³-hybridized carbons (Fsp3) is 0.125. The lowest BCUT2D eigenvalue weighted by Crippen LogP contribution is -2.24. The molecule has 4 nitrogen and oxygen atoms in total. The zero-order valence-electron chi connectivity index (χ0n) is 6.28. The molecule has 1 aromatic carbocycles. The first kappa shape index (κ1) is 8.39. The SMILES string of the molecule is Nc1ccc(CC(=O)[O-])cc1O. The van der Waals surface area contributed by atoms with E-state index in [1.807, 2.05) is 0 Å². The first-order chi connectivity index (χ1) is 5.59. The molecular weight excluding hydrogens is 158 g/mol. The molecular formula is C8H8NO3-. The van der Waals surface area contributed by atoms with Gasteiger partial charge in [-0.25, -0.2) is 0 Å². The van der Waals surface area contributed by atoms with Crippen molar-refractivity contribution in [2.45, 2.75) is 6.42 Å². The van der Waals surface area contributed by atoms with Crippen molar-refractivity contribution >= 4 is 11.7 Å². The third-order valence-electron chi connectivity index (χ3n) is 1.44. The first-order valence-corrected chi connectivity index (χ1v) is 3.37. The summed E-state index contributed by atoms with van der Waals surface area (Å²) in [6, 6.07) is 4.30. The van der Waals surface area contributed by atoms with Crippen molar-refractivity contribution in [3.8, 4) is 5.75 Å². The summed E-state index contributed by atoms with van der Waals surface area (Å²) in [6.07, 6.45) is -0.214. The second-order valence-electron chi connectivity index (χ2n) is 2.44. The molecule has 0 aromatic heterocycles. The van der Waals surface area contributed by atoms with E-state index in [9.17, 15) is 9.90 Å². The summed E-state index contributed by atoms with van der Waals surface area (Å²) in [5.41, 5.74) is 6.01. The maximum absolute atomic E-state index is 10.1. The molecule has 0 aliphatic heterocycles. The Morgan fingerprint density at radius 2 is 2.25 bits per heavy atom. The minimum Gasteiger partial charge on any atom is -0.550 e. The van der Waals surface area contributed by atoms with Gasteiger partial charge in [-0.15, -0.1) is 0 Å². The van der Waals surface area contributed by atoms with Gasteiger partial charge in [0.25, 0.3) is 0 Å². The number of hydrogen-bond acceptors (Lipinski definition) is 4. The molecule has 0 radical (unpaired) electrons. The molecule has 0 fully saturated rings. The summed E-state index contributed by atoms with van der Waals surface area (Å²) in [4.78, 5) is 10.1. The molecule has 1 rings (SSSR count). The summed E-state index contributed by atoms with van der Waals surface area (Å²) in [5, 5.41) is 19.2. The third-order valence-corrected chi connectivity index (χ3v) is 1.44. The van der Waals surface area contributed by atoms with Gasteiger partial charge in [-0.2, -0.15) is 0 Å². The molecule has 0 spiro atoms. The highest BCUT2D eigenvalue weighted by atomic mass is 16.4. The summed E-state index contributed by atoms with van der Waals surface area (Å²) in [5.74, 6) is -1.28. The van der Waals surface area contributed by atoms with E-state index >= 15 is 0 Å². The number of carboxylic acid groups (broad SMARTS) is 1. The van der Waals surface area contributed by atoms with Gasteiger partial charge in [0.1, 0.15) is 5.75 Å². The summed E-state index contributed by atoms with van der Waals surface area (Å²) in [6.45, 7) is 0. The van der Waals surface area contributed by atoms with Gasteiger partial charge in [-0.1, -0.05) is 6.07 Å². The molecule has 0 atom stereocenters. The van der Waals surface area contributed by atoms with E-state index in [2.05, 4.69) is 0 Å². The zero-order chi connectivity index (χ0) is 9.14. The average Bonchev–Trinajstić information content (AvgIpc) is 1.96. The standard InChI is InChI=1S/C8H9NO3/c9-6-2-1-5(3-7(6)10)4-8(11)12/h1-3,10H,4,9H2,(H,11,12)/p-1. The van der Waals surface area contributed by atoms with Gasteiger partial charge in [0.2, 0.25) is 0 Å². The van der Waals surface area contributed by atoms with Crippen molar-refractivity contribution in [3.05, 3.63) is 23.8 Å².